The van der Waals surface area contributed by atoms with Crippen molar-refractivity contribution in [3.05, 3.63) is 71.4 Å². The summed E-state index contributed by atoms with van der Waals surface area (Å²) in [5.74, 6) is 2.14. The van der Waals surface area contributed by atoms with Gasteiger partial charge in [0.25, 0.3) is 0 Å². The minimum absolute atomic E-state index is 0.619. The van der Waals surface area contributed by atoms with Gasteiger partial charge in [0, 0.05) is 24.2 Å². The van der Waals surface area contributed by atoms with E-state index in [4.69, 9.17) is 16.1 Å². The molecule has 0 N–H and O–H groups in total. The SMILES string of the molecule is Cn1c(SCc2cc(-c3ccccc3)no2)nnc1-c1ccccc1Cl. The third-order valence-corrected chi connectivity index (χ3v) is 5.29. The summed E-state index contributed by atoms with van der Waals surface area (Å²) >= 11 is 7.81. The van der Waals surface area contributed by atoms with Gasteiger partial charge in [-0.05, 0) is 12.1 Å². The lowest BCUT2D eigenvalue weighted by Crippen LogP contribution is -1.95. The lowest BCUT2D eigenvalue weighted by atomic mass is 10.1. The van der Waals surface area contributed by atoms with Crippen molar-refractivity contribution in [2.24, 2.45) is 7.05 Å². The number of halogens is 1. The van der Waals surface area contributed by atoms with Gasteiger partial charge in [0.05, 0.1) is 10.8 Å². The van der Waals surface area contributed by atoms with Crippen molar-refractivity contribution < 1.29 is 4.52 Å². The molecule has 0 unspecified atom stereocenters. The van der Waals surface area contributed by atoms with E-state index in [0.29, 0.717) is 10.8 Å². The molecule has 0 bridgehead atoms. The van der Waals surface area contributed by atoms with Crippen LogP contribution in [0.5, 0.6) is 0 Å². The predicted octanol–water partition coefficient (Wildman–Crippen LogP) is 5.08. The molecular formula is C19H15ClN4OS. The summed E-state index contributed by atoms with van der Waals surface area (Å²) in [5.41, 5.74) is 2.73. The number of hydrogen-bond donors (Lipinski definition) is 0. The molecule has 4 rings (SSSR count). The second-order valence-corrected chi connectivity index (χ2v) is 7.03. The van der Waals surface area contributed by atoms with Crippen LogP contribution < -0.4 is 0 Å². The van der Waals surface area contributed by atoms with Gasteiger partial charge in [-0.3, -0.25) is 0 Å². The topological polar surface area (TPSA) is 56.7 Å². The van der Waals surface area contributed by atoms with Crippen LogP contribution in [0.15, 0.2) is 70.3 Å². The standard InChI is InChI=1S/C19H15ClN4OS/c1-24-18(15-9-5-6-10-16(15)20)21-22-19(24)26-12-14-11-17(23-25-14)13-7-3-2-4-8-13/h2-11H,12H2,1H3. The van der Waals surface area contributed by atoms with Crippen molar-refractivity contribution in [2.45, 2.75) is 10.9 Å². The van der Waals surface area contributed by atoms with Crippen LogP contribution in [0.2, 0.25) is 5.02 Å². The first-order chi connectivity index (χ1) is 12.7. The number of hydrogen-bond acceptors (Lipinski definition) is 5. The number of nitrogens with zero attached hydrogens (tertiary/aromatic N) is 4. The van der Waals surface area contributed by atoms with Gasteiger partial charge in [0.2, 0.25) is 0 Å². The summed E-state index contributed by atoms with van der Waals surface area (Å²) in [5, 5.41) is 14.1. The van der Waals surface area contributed by atoms with Crippen LogP contribution in [0.4, 0.5) is 0 Å². The summed E-state index contributed by atoms with van der Waals surface area (Å²) in [7, 11) is 1.93. The second kappa shape index (κ2) is 7.35. The molecule has 0 atom stereocenters. The van der Waals surface area contributed by atoms with Crippen LogP contribution in [0, 0.1) is 0 Å². The van der Waals surface area contributed by atoms with E-state index in [2.05, 4.69) is 15.4 Å². The Bertz CT molecular complexity index is 1030. The van der Waals surface area contributed by atoms with E-state index in [1.54, 1.807) is 11.8 Å². The molecule has 0 amide bonds. The monoisotopic (exact) mass is 382 g/mol. The van der Waals surface area contributed by atoms with E-state index in [1.165, 1.54) is 0 Å². The third kappa shape index (κ3) is 3.38. The molecule has 0 aliphatic rings. The maximum absolute atomic E-state index is 6.26. The second-order valence-electron chi connectivity index (χ2n) is 5.68. The summed E-state index contributed by atoms with van der Waals surface area (Å²) in [6.07, 6.45) is 0. The molecule has 2 aromatic carbocycles. The molecule has 7 heteroatoms. The quantitative estimate of drug-likeness (QED) is 0.450. The van der Waals surface area contributed by atoms with Gasteiger partial charge in [-0.15, -0.1) is 10.2 Å². The van der Waals surface area contributed by atoms with Crippen LogP contribution >= 0.6 is 23.4 Å². The van der Waals surface area contributed by atoms with Crippen molar-refractivity contribution in [3.8, 4) is 22.6 Å². The molecule has 0 spiro atoms. The number of benzene rings is 2. The minimum Gasteiger partial charge on any atom is -0.360 e. The molecule has 2 heterocycles. The maximum Gasteiger partial charge on any atom is 0.191 e. The van der Waals surface area contributed by atoms with Crippen molar-refractivity contribution in [1.29, 1.82) is 0 Å². The van der Waals surface area contributed by atoms with E-state index in [-0.39, 0.29) is 0 Å². The highest BCUT2D eigenvalue weighted by molar-refractivity contribution is 7.98. The van der Waals surface area contributed by atoms with Gasteiger partial charge in [-0.25, -0.2) is 0 Å². The zero-order chi connectivity index (χ0) is 17.9. The Balaban J connectivity index is 1.50. The number of aromatic nitrogens is 4. The van der Waals surface area contributed by atoms with Crippen molar-refractivity contribution in [2.75, 3.05) is 0 Å². The molecule has 0 saturated carbocycles. The Morgan fingerprint density at radius 2 is 1.81 bits per heavy atom. The average Bonchev–Trinajstić information content (AvgIpc) is 3.28. The fourth-order valence-corrected chi connectivity index (χ4v) is 3.59. The highest BCUT2D eigenvalue weighted by Crippen LogP contribution is 2.30. The van der Waals surface area contributed by atoms with Crippen LogP contribution in [0.1, 0.15) is 5.76 Å². The normalized spacial score (nSPS) is 11.0. The lowest BCUT2D eigenvalue weighted by Gasteiger charge is -2.04. The Hall–Kier alpha value is -2.57. The molecule has 4 aromatic rings. The minimum atomic E-state index is 0.619. The van der Waals surface area contributed by atoms with Crippen LogP contribution in [0.3, 0.4) is 0 Å². The Labute approximate surface area is 160 Å². The largest absolute Gasteiger partial charge is 0.360 e. The predicted molar refractivity (Wildman–Crippen MR) is 103 cm³/mol. The fourth-order valence-electron chi connectivity index (χ4n) is 2.58. The summed E-state index contributed by atoms with van der Waals surface area (Å²) in [6.45, 7) is 0. The van der Waals surface area contributed by atoms with Gasteiger partial charge >= 0.3 is 0 Å². The molecule has 5 nitrogen and oxygen atoms in total. The molecule has 0 aliphatic heterocycles. The fraction of sp³-hybridized carbons (Fsp3) is 0.105. The molecule has 2 aromatic heterocycles. The lowest BCUT2D eigenvalue weighted by molar-refractivity contribution is 0.397. The van der Waals surface area contributed by atoms with Gasteiger partial charge in [0.1, 0.15) is 11.5 Å². The average molecular weight is 383 g/mol. The highest BCUT2D eigenvalue weighted by Gasteiger charge is 2.15. The van der Waals surface area contributed by atoms with E-state index in [1.807, 2.05) is 72.3 Å². The molecule has 26 heavy (non-hydrogen) atoms. The summed E-state index contributed by atoms with van der Waals surface area (Å²) in [4.78, 5) is 0. The number of thioether (sulfide) groups is 1. The van der Waals surface area contributed by atoms with Crippen LogP contribution in [-0.2, 0) is 12.8 Å². The first-order valence-electron chi connectivity index (χ1n) is 8.00. The van der Waals surface area contributed by atoms with Gasteiger partial charge in [0.15, 0.2) is 11.0 Å². The van der Waals surface area contributed by atoms with Crippen molar-refractivity contribution >= 4 is 23.4 Å². The molecule has 0 aliphatic carbocycles. The Morgan fingerprint density at radius 1 is 1.04 bits per heavy atom. The van der Waals surface area contributed by atoms with Gasteiger partial charge in [-0.1, -0.05) is 71.0 Å². The van der Waals surface area contributed by atoms with Crippen molar-refractivity contribution in [3.63, 3.8) is 0 Å². The molecule has 0 fully saturated rings. The first-order valence-corrected chi connectivity index (χ1v) is 9.37. The van der Waals surface area contributed by atoms with Crippen LogP contribution in [-0.4, -0.2) is 19.9 Å². The zero-order valence-corrected chi connectivity index (χ0v) is 15.5. The smallest absolute Gasteiger partial charge is 0.191 e. The molecule has 0 radical (unpaired) electrons. The van der Waals surface area contributed by atoms with E-state index < -0.39 is 0 Å². The zero-order valence-electron chi connectivity index (χ0n) is 14.0. The maximum atomic E-state index is 6.26. The first kappa shape index (κ1) is 16.9. The van der Waals surface area contributed by atoms with E-state index in [9.17, 15) is 0 Å². The van der Waals surface area contributed by atoms with Crippen molar-refractivity contribution in [1.82, 2.24) is 19.9 Å². The summed E-state index contributed by atoms with van der Waals surface area (Å²) in [6, 6.07) is 19.5. The molecule has 130 valence electrons. The van der Waals surface area contributed by atoms with Gasteiger partial charge < -0.3 is 9.09 Å². The van der Waals surface area contributed by atoms with E-state index in [0.717, 1.165) is 33.6 Å². The molecule has 0 saturated heterocycles. The Morgan fingerprint density at radius 3 is 2.62 bits per heavy atom. The Kier molecular flexibility index (Phi) is 4.77. The highest BCUT2D eigenvalue weighted by atomic mass is 35.5. The van der Waals surface area contributed by atoms with E-state index >= 15 is 0 Å². The summed E-state index contributed by atoms with van der Waals surface area (Å²) < 4.78 is 7.37. The molecular weight excluding hydrogens is 368 g/mol. The van der Waals surface area contributed by atoms with Crippen LogP contribution in [0.25, 0.3) is 22.6 Å². The third-order valence-electron chi connectivity index (χ3n) is 3.92. The number of rotatable bonds is 5. The van der Waals surface area contributed by atoms with Gasteiger partial charge in [-0.2, -0.15) is 0 Å².